The zero-order chi connectivity index (χ0) is 36.6. The molecule has 0 radical (unpaired) electrons. The predicted molar refractivity (Wildman–Crippen MR) is 191 cm³/mol. The van der Waals surface area contributed by atoms with Crippen molar-refractivity contribution in [2.75, 3.05) is 92.9 Å². The molecule has 52 heavy (non-hydrogen) atoms. The Kier molecular flexibility index (Phi) is 18.5. The summed E-state index contributed by atoms with van der Waals surface area (Å²) in [5.41, 5.74) is 2.31. The van der Waals surface area contributed by atoms with E-state index in [1.165, 1.54) is 12.1 Å². The minimum absolute atomic E-state index is 0.146. The van der Waals surface area contributed by atoms with Crippen molar-refractivity contribution >= 4 is 41.0 Å². The normalized spacial score (nSPS) is 10.9. The molecule has 1 aromatic heterocycles. The van der Waals surface area contributed by atoms with E-state index < -0.39 is 0 Å². The van der Waals surface area contributed by atoms with Crippen LogP contribution in [0.25, 0.3) is 0 Å². The molecule has 2 amide bonds. The fourth-order valence-electron chi connectivity index (χ4n) is 4.31. The number of hydrogen-bond donors (Lipinski definition) is 6. The summed E-state index contributed by atoms with van der Waals surface area (Å²) in [5, 5.41) is 15.0. The third-order valence-corrected chi connectivity index (χ3v) is 7.91. The molecule has 0 fully saturated rings. The maximum atomic E-state index is 13.5. The molecule has 1 heterocycles. The number of ether oxygens (including phenoxy) is 4. The van der Waals surface area contributed by atoms with Crippen molar-refractivity contribution < 1.29 is 54.4 Å². The summed E-state index contributed by atoms with van der Waals surface area (Å²) < 4.78 is 42.0. The molecule has 0 saturated carbocycles. The minimum Gasteiger partial charge on any atom is -0.377 e. The van der Waals surface area contributed by atoms with Crippen LogP contribution in [0.15, 0.2) is 78.9 Å². The Bertz CT molecular complexity index is 1630. The quantitative estimate of drug-likeness (QED) is 0.0228. The number of halogens is 2. The Labute approximate surface area is 312 Å². The first-order valence-electron chi connectivity index (χ1n) is 16.6. The maximum absolute atomic E-state index is 13.5. The number of aromatic nitrogens is 3. The van der Waals surface area contributed by atoms with Crippen LogP contribution in [0.2, 0.25) is 0 Å². The molecule has 15 nitrogen and oxygen atoms in total. The number of benzene rings is 3. The van der Waals surface area contributed by atoms with Gasteiger partial charge >= 0.3 is 106 Å². The molecule has 0 saturated heterocycles. The summed E-state index contributed by atoms with van der Waals surface area (Å²) in [7, 11) is 0. The zero-order valence-electron chi connectivity index (χ0n) is 28.6. The number of nitrogens with one attached hydrogen (secondary N) is 5. The van der Waals surface area contributed by atoms with Crippen LogP contribution in [-0.2, 0) is 18.9 Å². The molecule has 280 valence electrons. The van der Waals surface area contributed by atoms with Crippen LogP contribution >= 0.6 is 0 Å². The second-order valence-corrected chi connectivity index (χ2v) is 12.7. The molecule has 4 aromatic rings. The Balaban J connectivity index is 1.20. The molecule has 0 aliphatic heterocycles. The van der Waals surface area contributed by atoms with Gasteiger partial charge in [0.2, 0.25) is 17.8 Å². The topological polar surface area (TPSA) is 196 Å². The van der Waals surface area contributed by atoms with Crippen molar-refractivity contribution in [3.8, 4) is 0 Å². The first-order valence-corrected chi connectivity index (χ1v) is 19.4. The average molecular weight is 833 g/mol. The predicted octanol–water partition coefficient (Wildman–Crippen LogP) is 0.0987. The minimum atomic E-state index is -0.364. The van der Waals surface area contributed by atoms with Crippen LogP contribution in [0.4, 0.5) is 33.6 Å². The zero-order valence-corrected chi connectivity index (χ0v) is 30.8. The molecule has 3 aromatic carbocycles. The smallest absolute Gasteiger partial charge is 0.377 e. The van der Waals surface area contributed by atoms with E-state index in [1.54, 1.807) is 48.5 Å². The first-order chi connectivity index (χ1) is 25.5. The number of carbonyl (C=O) groups is 2. The van der Waals surface area contributed by atoms with Gasteiger partial charge in [-0.25, -0.2) is 4.39 Å². The Morgan fingerprint density at radius 1 is 0.577 bits per heavy atom. The fraction of sp³-hybridized carbons (Fsp3) is 0.343. The number of hydrogen-bond acceptors (Lipinski definition) is 13. The van der Waals surface area contributed by atoms with Gasteiger partial charge in [-0.2, -0.15) is 15.0 Å². The van der Waals surface area contributed by atoms with Gasteiger partial charge in [-0.1, -0.05) is 18.2 Å². The molecule has 0 bridgehead atoms. The molecule has 7 N–H and O–H groups in total. The number of anilines is 5. The molecular formula is C35H44FIN9O6-. The van der Waals surface area contributed by atoms with E-state index in [2.05, 4.69) is 41.5 Å². The standard InChI is InChI=1S/C35H44FIN9O6/c36-28-8-12-30(13-9-28)43-35-45-33(41-17-21-52-25-24-51-19-15-39-31(47)26-4-2-1-3-5-26)44-34(46-35)42-29-10-6-27(7-11-29)32(48)40-16-20-50-23-22-49-18-14-37-38/h1-13H,14-25,38H2,(H,39,47)(H,40,48)(H3,41,42,43,44,45,46)/q-1. The summed E-state index contributed by atoms with van der Waals surface area (Å²) in [6.45, 7) is 4.59. The summed E-state index contributed by atoms with van der Waals surface area (Å²) >= 11 is -0.249. The van der Waals surface area contributed by atoms with Crippen molar-refractivity contribution in [2.24, 2.45) is 3.95 Å². The van der Waals surface area contributed by atoms with E-state index in [4.69, 9.17) is 22.9 Å². The van der Waals surface area contributed by atoms with Crippen LogP contribution in [0, 0.1) is 5.82 Å². The van der Waals surface area contributed by atoms with Gasteiger partial charge in [0.25, 0.3) is 5.91 Å². The van der Waals surface area contributed by atoms with Gasteiger partial charge in [-0.05, 0) is 48.5 Å². The molecule has 0 spiro atoms. The van der Waals surface area contributed by atoms with Crippen molar-refractivity contribution in [1.29, 1.82) is 0 Å². The molecule has 0 aliphatic rings. The first kappa shape index (κ1) is 40.2. The van der Waals surface area contributed by atoms with E-state index in [1.807, 2.05) is 18.2 Å². The molecule has 0 atom stereocenters. The van der Waals surface area contributed by atoms with Crippen LogP contribution < -0.4 is 52.0 Å². The number of rotatable bonds is 25. The van der Waals surface area contributed by atoms with Crippen LogP contribution in [0.3, 0.4) is 0 Å². The molecular weight excluding hydrogens is 788 g/mol. The van der Waals surface area contributed by atoms with Gasteiger partial charge in [0, 0.05) is 30.0 Å². The Morgan fingerprint density at radius 3 is 1.58 bits per heavy atom. The summed E-state index contributed by atoms with van der Waals surface area (Å²) in [4.78, 5) is 38.0. The van der Waals surface area contributed by atoms with Crippen LogP contribution in [-0.4, -0.2) is 104 Å². The monoisotopic (exact) mass is 832 g/mol. The second-order valence-electron chi connectivity index (χ2n) is 10.7. The number of nitrogens with zero attached hydrogens (tertiary/aromatic N) is 3. The van der Waals surface area contributed by atoms with Crippen LogP contribution in [0.5, 0.6) is 0 Å². The average Bonchev–Trinajstić information content (AvgIpc) is 3.16. The Hall–Kier alpha value is -4.53. The molecule has 4 rings (SSSR count). The summed E-state index contributed by atoms with van der Waals surface area (Å²) in [5.74, 6) is 0.000105. The van der Waals surface area contributed by atoms with Crippen molar-refractivity contribution in [1.82, 2.24) is 25.6 Å². The van der Waals surface area contributed by atoms with Gasteiger partial charge < -0.3 is 30.7 Å². The molecule has 17 heteroatoms. The number of nitrogens with two attached hydrogens (primary N) is 1. The van der Waals surface area contributed by atoms with Crippen molar-refractivity contribution in [3.05, 3.63) is 95.8 Å². The van der Waals surface area contributed by atoms with Gasteiger partial charge in [0.05, 0.1) is 26.4 Å². The third-order valence-electron chi connectivity index (χ3n) is 6.84. The van der Waals surface area contributed by atoms with Gasteiger partial charge in [0.15, 0.2) is 0 Å². The van der Waals surface area contributed by atoms with E-state index in [9.17, 15) is 14.0 Å². The molecule has 0 unspecified atom stereocenters. The number of carbonyl (C=O) groups excluding carboxylic acids is 2. The van der Waals surface area contributed by atoms with E-state index in [0.717, 1.165) is 4.43 Å². The molecule has 0 aliphatic carbocycles. The summed E-state index contributed by atoms with van der Waals surface area (Å²) in [6, 6.07) is 21.6. The van der Waals surface area contributed by atoms with E-state index >= 15 is 0 Å². The van der Waals surface area contributed by atoms with Gasteiger partial charge in [-0.15, -0.1) is 0 Å². The van der Waals surface area contributed by atoms with Crippen molar-refractivity contribution in [3.63, 3.8) is 0 Å². The van der Waals surface area contributed by atoms with Crippen molar-refractivity contribution in [2.45, 2.75) is 0 Å². The van der Waals surface area contributed by atoms with Crippen LogP contribution in [0.1, 0.15) is 20.7 Å². The van der Waals surface area contributed by atoms with Gasteiger partial charge in [-0.3, -0.25) is 4.79 Å². The SMILES string of the molecule is N[I-]CCOCCOCCNC(=O)c1ccc(Nc2nc(NCCOCCOCCNC(=O)c3ccccc3)nc(Nc3ccc(F)cc3)n2)cc1. The second kappa shape index (κ2) is 23.8. The van der Waals surface area contributed by atoms with Gasteiger partial charge in [0.1, 0.15) is 5.82 Å². The third kappa shape index (κ3) is 15.8. The number of alkyl halides is 1. The summed E-state index contributed by atoms with van der Waals surface area (Å²) in [6.07, 6.45) is 0. The number of amides is 2. The fourth-order valence-corrected chi connectivity index (χ4v) is 4.87. The van der Waals surface area contributed by atoms with E-state index in [-0.39, 0.29) is 57.0 Å². The Morgan fingerprint density at radius 2 is 1.04 bits per heavy atom. The van der Waals surface area contributed by atoms with E-state index in [0.29, 0.717) is 95.0 Å².